The molecule has 4 N–H and O–H groups in total. The smallest absolute Gasteiger partial charge is 0.404 e. The van der Waals surface area contributed by atoms with Crippen LogP contribution in [0.5, 0.6) is 5.75 Å². The number of nitrogens with one attached hydrogen (secondary N) is 2. The molecule has 32 heavy (non-hydrogen) atoms. The fourth-order valence-corrected chi connectivity index (χ4v) is 3.51. The van der Waals surface area contributed by atoms with Gasteiger partial charge in [0.1, 0.15) is 5.75 Å². The maximum atomic E-state index is 9.37. The molecule has 0 unspecified atom stereocenters. The number of aromatic amines is 1. The van der Waals surface area contributed by atoms with Crippen molar-refractivity contribution in [3.05, 3.63) is 90.1 Å². The monoisotopic (exact) mass is 431 g/mol. The molecule has 166 valence electrons. The standard InChI is InChI=1S/C24H24N2O.C2H5NO2/c1-27-21-11-12-24-23(15-21)20(17-26-24)13-14-25-16-19-9-5-6-10-22(19)18-7-3-2-4-8-18;1-5-2(3)4/h2-12,15,17,25-26H,13-14,16H2,1H3;1H3,(H2,3,4). The minimum atomic E-state index is -0.745. The Bertz CT molecular complexity index is 1140. The molecule has 3 aromatic carbocycles. The molecule has 0 aliphatic rings. The number of carbonyl (C=O) groups excluding carboxylic acids is 1. The molecule has 1 aromatic heterocycles. The van der Waals surface area contributed by atoms with Gasteiger partial charge in [0.2, 0.25) is 0 Å². The average Bonchev–Trinajstić information content (AvgIpc) is 3.25. The number of hydrogen-bond donors (Lipinski definition) is 3. The predicted molar refractivity (Wildman–Crippen MR) is 129 cm³/mol. The highest BCUT2D eigenvalue weighted by Gasteiger charge is 2.06. The Balaban J connectivity index is 0.000000523. The van der Waals surface area contributed by atoms with E-state index in [1.165, 1.54) is 34.7 Å². The number of H-pyrrole nitrogens is 1. The number of carbonyl (C=O) groups is 1. The number of methoxy groups -OCH3 is 2. The minimum absolute atomic E-state index is 0.745. The minimum Gasteiger partial charge on any atom is -0.497 e. The van der Waals surface area contributed by atoms with Crippen molar-refractivity contribution in [3.63, 3.8) is 0 Å². The van der Waals surface area contributed by atoms with E-state index >= 15 is 0 Å². The summed E-state index contributed by atoms with van der Waals surface area (Å²) in [5, 5.41) is 4.84. The van der Waals surface area contributed by atoms with Crippen LogP contribution in [0.25, 0.3) is 22.0 Å². The summed E-state index contributed by atoms with van der Waals surface area (Å²) in [7, 11) is 2.93. The molecule has 0 radical (unpaired) electrons. The number of fused-ring (bicyclic) bond motifs is 1. The SMILES string of the molecule is COC(N)=O.COc1ccc2[nH]cc(CCNCc3ccccc3-c3ccccc3)c2c1. The quantitative estimate of drug-likeness (QED) is 0.364. The Morgan fingerprint density at radius 1 is 0.969 bits per heavy atom. The Morgan fingerprint density at radius 3 is 2.41 bits per heavy atom. The van der Waals surface area contributed by atoms with Gasteiger partial charge in [0.15, 0.2) is 0 Å². The van der Waals surface area contributed by atoms with Crippen molar-refractivity contribution in [3.8, 4) is 16.9 Å². The van der Waals surface area contributed by atoms with Crippen LogP contribution in [-0.4, -0.2) is 31.8 Å². The summed E-state index contributed by atoms with van der Waals surface area (Å²) >= 11 is 0. The normalized spacial score (nSPS) is 10.3. The van der Waals surface area contributed by atoms with Gasteiger partial charge in [0.05, 0.1) is 14.2 Å². The summed E-state index contributed by atoms with van der Waals surface area (Å²) in [5.74, 6) is 0.896. The Labute approximate surface area is 188 Å². The van der Waals surface area contributed by atoms with Crippen LogP contribution in [0.2, 0.25) is 0 Å². The number of primary amides is 1. The van der Waals surface area contributed by atoms with Crippen LogP contribution in [-0.2, 0) is 17.7 Å². The molecule has 6 nitrogen and oxygen atoms in total. The lowest BCUT2D eigenvalue weighted by molar-refractivity contribution is 0.182. The van der Waals surface area contributed by atoms with E-state index in [1.54, 1.807) is 7.11 Å². The van der Waals surface area contributed by atoms with Crippen molar-refractivity contribution in [1.82, 2.24) is 10.3 Å². The van der Waals surface area contributed by atoms with Crippen molar-refractivity contribution in [1.29, 1.82) is 0 Å². The van der Waals surface area contributed by atoms with Gasteiger partial charge in [-0.15, -0.1) is 0 Å². The second-order valence-corrected chi connectivity index (χ2v) is 7.20. The van der Waals surface area contributed by atoms with Crippen LogP contribution in [0.1, 0.15) is 11.1 Å². The summed E-state index contributed by atoms with van der Waals surface area (Å²) < 4.78 is 9.24. The van der Waals surface area contributed by atoms with Gasteiger partial charge in [-0.25, -0.2) is 4.79 Å². The first-order chi connectivity index (χ1) is 15.6. The molecule has 4 rings (SSSR count). The van der Waals surface area contributed by atoms with Gasteiger partial charge in [0.25, 0.3) is 0 Å². The fraction of sp³-hybridized carbons (Fsp3) is 0.192. The van der Waals surface area contributed by atoms with Gasteiger partial charge in [-0.1, -0.05) is 54.6 Å². The average molecular weight is 432 g/mol. The first-order valence-corrected chi connectivity index (χ1v) is 10.4. The van der Waals surface area contributed by atoms with Gasteiger partial charge >= 0.3 is 6.09 Å². The molecular weight excluding hydrogens is 402 g/mol. The Hall–Kier alpha value is -3.77. The first kappa shape index (κ1) is 22.9. The summed E-state index contributed by atoms with van der Waals surface area (Å²) in [4.78, 5) is 12.7. The number of nitrogens with two attached hydrogens (primary N) is 1. The van der Waals surface area contributed by atoms with Crippen molar-refractivity contribution in [2.24, 2.45) is 5.73 Å². The number of ether oxygens (including phenoxy) is 2. The van der Waals surface area contributed by atoms with E-state index in [0.717, 1.165) is 30.8 Å². The molecule has 0 aliphatic heterocycles. The lowest BCUT2D eigenvalue weighted by Crippen LogP contribution is -2.17. The molecule has 0 aliphatic carbocycles. The van der Waals surface area contributed by atoms with E-state index in [0.29, 0.717) is 0 Å². The molecule has 0 spiro atoms. The number of benzene rings is 3. The van der Waals surface area contributed by atoms with E-state index < -0.39 is 6.09 Å². The topological polar surface area (TPSA) is 89.4 Å². The summed E-state index contributed by atoms with van der Waals surface area (Å²) in [6, 6.07) is 25.3. The summed E-state index contributed by atoms with van der Waals surface area (Å²) in [5.41, 5.74) is 10.8. The van der Waals surface area contributed by atoms with Crippen molar-refractivity contribution in [2.45, 2.75) is 13.0 Å². The molecule has 0 atom stereocenters. The van der Waals surface area contributed by atoms with E-state index in [-0.39, 0.29) is 0 Å². The predicted octanol–water partition coefficient (Wildman–Crippen LogP) is 4.89. The zero-order valence-corrected chi connectivity index (χ0v) is 18.4. The molecule has 0 bridgehead atoms. The zero-order chi connectivity index (χ0) is 22.8. The maximum absolute atomic E-state index is 9.37. The third-order valence-electron chi connectivity index (χ3n) is 5.16. The highest BCUT2D eigenvalue weighted by molar-refractivity contribution is 5.84. The highest BCUT2D eigenvalue weighted by atomic mass is 16.5. The van der Waals surface area contributed by atoms with E-state index in [4.69, 9.17) is 4.74 Å². The second kappa shape index (κ2) is 11.6. The molecule has 0 fully saturated rings. The van der Waals surface area contributed by atoms with Gasteiger partial charge in [-0.2, -0.15) is 0 Å². The molecule has 0 saturated heterocycles. The van der Waals surface area contributed by atoms with Crippen molar-refractivity contribution in [2.75, 3.05) is 20.8 Å². The highest BCUT2D eigenvalue weighted by Crippen LogP contribution is 2.25. The van der Waals surface area contributed by atoms with E-state index in [1.807, 2.05) is 6.07 Å². The molecular formula is C26H29N3O3. The molecule has 1 amide bonds. The zero-order valence-electron chi connectivity index (χ0n) is 18.4. The van der Waals surface area contributed by atoms with Gasteiger partial charge < -0.3 is 25.5 Å². The lowest BCUT2D eigenvalue weighted by atomic mass is 10.00. The number of aromatic nitrogens is 1. The number of amides is 1. The van der Waals surface area contributed by atoms with Crippen LogP contribution in [0.4, 0.5) is 4.79 Å². The lowest BCUT2D eigenvalue weighted by Gasteiger charge is -2.11. The van der Waals surface area contributed by atoms with Crippen molar-refractivity contribution >= 4 is 17.0 Å². The number of rotatable bonds is 7. The van der Waals surface area contributed by atoms with E-state index in [2.05, 4.69) is 93.7 Å². The Morgan fingerprint density at radius 2 is 1.69 bits per heavy atom. The van der Waals surface area contributed by atoms with Crippen LogP contribution < -0.4 is 15.8 Å². The summed E-state index contributed by atoms with van der Waals surface area (Å²) in [6.07, 6.45) is 2.33. The largest absolute Gasteiger partial charge is 0.497 e. The third-order valence-corrected chi connectivity index (χ3v) is 5.16. The fourth-order valence-electron chi connectivity index (χ4n) is 3.51. The third kappa shape index (κ3) is 6.12. The number of hydrogen-bond acceptors (Lipinski definition) is 4. The van der Waals surface area contributed by atoms with Gasteiger partial charge in [0, 0.05) is 23.6 Å². The van der Waals surface area contributed by atoms with E-state index in [9.17, 15) is 4.79 Å². The van der Waals surface area contributed by atoms with Gasteiger partial charge in [-0.3, -0.25) is 0 Å². The second-order valence-electron chi connectivity index (χ2n) is 7.20. The van der Waals surface area contributed by atoms with Crippen LogP contribution in [0.15, 0.2) is 79.0 Å². The van der Waals surface area contributed by atoms with Crippen molar-refractivity contribution < 1.29 is 14.3 Å². The molecule has 1 heterocycles. The first-order valence-electron chi connectivity index (χ1n) is 10.4. The maximum Gasteiger partial charge on any atom is 0.404 e. The molecule has 6 heteroatoms. The molecule has 4 aromatic rings. The molecule has 0 saturated carbocycles. The van der Waals surface area contributed by atoms with Crippen LogP contribution >= 0.6 is 0 Å². The van der Waals surface area contributed by atoms with Crippen LogP contribution in [0.3, 0.4) is 0 Å². The van der Waals surface area contributed by atoms with Gasteiger partial charge in [-0.05, 0) is 53.4 Å². The summed E-state index contributed by atoms with van der Waals surface area (Å²) in [6.45, 7) is 1.78. The van der Waals surface area contributed by atoms with Crippen LogP contribution in [0, 0.1) is 0 Å². The Kier molecular flexibility index (Phi) is 8.29.